The summed E-state index contributed by atoms with van der Waals surface area (Å²) in [6.07, 6.45) is 2.24. The van der Waals surface area contributed by atoms with Crippen LogP contribution in [0.4, 0.5) is 0 Å². The minimum absolute atomic E-state index is 0.104. The van der Waals surface area contributed by atoms with Crippen molar-refractivity contribution in [3.05, 3.63) is 0 Å². The fraction of sp³-hybridized carbons (Fsp3) is 0.917. The van der Waals surface area contributed by atoms with Crippen molar-refractivity contribution in [2.45, 2.75) is 33.1 Å². The summed E-state index contributed by atoms with van der Waals surface area (Å²) >= 11 is 0. The van der Waals surface area contributed by atoms with Crippen LogP contribution in [0, 0.1) is 22.7 Å². The Kier molecular flexibility index (Phi) is 4.96. The number of nitrogens with one attached hydrogen (secondary N) is 1. The molecule has 1 unspecified atom stereocenters. The van der Waals surface area contributed by atoms with Gasteiger partial charge in [0.1, 0.15) is 0 Å². The molecule has 1 N–H and O–H groups in total. The second-order valence-corrected chi connectivity index (χ2v) is 7.95. The molecule has 5 heteroatoms. The van der Waals surface area contributed by atoms with Gasteiger partial charge in [-0.15, -0.1) is 0 Å². The number of nitriles is 1. The quantitative estimate of drug-likeness (QED) is 0.780. The van der Waals surface area contributed by atoms with Gasteiger partial charge in [-0.2, -0.15) is 5.26 Å². The van der Waals surface area contributed by atoms with Gasteiger partial charge in [0.25, 0.3) is 0 Å². The van der Waals surface area contributed by atoms with Crippen molar-refractivity contribution in [1.29, 1.82) is 5.26 Å². The van der Waals surface area contributed by atoms with Gasteiger partial charge < -0.3 is 5.32 Å². The maximum absolute atomic E-state index is 11.3. The average molecular weight is 258 g/mol. The number of hydrogen-bond acceptors (Lipinski definition) is 4. The van der Waals surface area contributed by atoms with Gasteiger partial charge in [0.15, 0.2) is 9.84 Å². The minimum Gasteiger partial charge on any atom is -0.316 e. The van der Waals surface area contributed by atoms with E-state index in [1.54, 1.807) is 0 Å². The zero-order valence-electron chi connectivity index (χ0n) is 10.7. The monoisotopic (exact) mass is 258 g/mol. The number of sulfone groups is 1. The molecule has 4 nitrogen and oxygen atoms in total. The first-order valence-corrected chi connectivity index (χ1v) is 7.95. The lowest BCUT2D eigenvalue weighted by Crippen LogP contribution is -2.33. The maximum Gasteiger partial charge on any atom is 0.150 e. The third-order valence-corrected chi connectivity index (χ3v) is 5.11. The molecule has 1 aliphatic heterocycles. The molecule has 0 bridgehead atoms. The molecule has 0 amide bonds. The minimum atomic E-state index is -2.76. The van der Waals surface area contributed by atoms with Crippen molar-refractivity contribution in [2.75, 3.05) is 24.6 Å². The van der Waals surface area contributed by atoms with Crippen molar-refractivity contribution in [2.24, 2.45) is 11.3 Å². The summed E-state index contributed by atoms with van der Waals surface area (Å²) in [5.74, 6) is 0.947. The molecular weight excluding hydrogens is 236 g/mol. The fourth-order valence-corrected chi connectivity index (χ4v) is 3.99. The van der Waals surface area contributed by atoms with Crippen LogP contribution < -0.4 is 5.32 Å². The first-order valence-electron chi connectivity index (χ1n) is 6.13. The summed E-state index contributed by atoms with van der Waals surface area (Å²) in [5.41, 5.74) is 0.104. The van der Waals surface area contributed by atoms with E-state index in [2.05, 4.69) is 25.2 Å². The predicted molar refractivity (Wildman–Crippen MR) is 68.3 cm³/mol. The van der Waals surface area contributed by atoms with Gasteiger partial charge in [-0.05, 0) is 30.7 Å². The van der Waals surface area contributed by atoms with Crippen molar-refractivity contribution >= 4 is 9.84 Å². The summed E-state index contributed by atoms with van der Waals surface area (Å²) in [4.78, 5) is 0. The van der Waals surface area contributed by atoms with Crippen molar-refractivity contribution < 1.29 is 8.42 Å². The lowest BCUT2D eigenvalue weighted by molar-refractivity contribution is 0.310. The summed E-state index contributed by atoms with van der Waals surface area (Å²) in [6, 6.07) is 2.16. The zero-order valence-corrected chi connectivity index (χ0v) is 11.5. The van der Waals surface area contributed by atoms with E-state index in [1.807, 2.05) is 0 Å². The van der Waals surface area contributed by atoms with Gasteiger partial charge in [-0.1, -0.05) is 13.8 Å². The molecule has 1 rings (SSSR count). The molecule has 0 aromatic rings. The Balaban J connectivity index is 2.22. The van der Waals surface area contributed by atoms with Crippen LogP contribution in [0.25, 0.3) is 0 Å². The lowest BCUT2D eigenvalue weighted by Gasteiger charge is -2.24. The fourth-order valence-electron chi connectivity index (χ4n) is 2.13. The Morgan fingerprint density at radius 3 is 2.71 bits per heavy atom. The topological polar surface area (TPSA) is 70.0 Å². The first kappa shape index (κ1) is 14.5. The van der Waals surface area contributed by atoms with E-state index in [0.29, 0.717) is 17.9 Å². The molecule has 0 aliphatic carbocycles. The third kappa shape index (κ3) is 5.51. The van der Waals surface area contributed by atoms with Crippen LogP contribution >= 0.6 is 0 Å². The highest BCUT2D eigenvalue weighted by Gasteiger charge is 2.27. The second kappa shape index (κ2) is 5.83. The number of nitrogens with zero attached hydrogens (tertiary/aromatic N) is 1. The SMILES string of the molecule is CC(C)(CCC#N)CNCC1CCS(=O)(=O)C1. The largest absolute Gasteiger partial charge is 0.316 e. The molecule has 0 spiro atoms. The Morgan fingerprint density at radius 1 is 1.47 bits per heavy atom. The average Bonchev–Trinajstić information content (AvgIpc) is 2.55. The highest BCUT2D eigenvalue weighted by molar-refractivity contribution is 7.91. The number of hydrogen-bond donors (Lipinski definition) is 1. The standard InChI is InChI=1S/C12H22N2O2S/c1-12(2,5-3-6-13)10-14-8-11-4-7-17(15,16)9-11/h11,14H,3-5,7-10H2,1-2H3. The van der Waals surface area contributed by atoms with Crippen molar-refractivity contribution in [3.63, 3.8) is 0 Å². The molecule has 98 valence electrons. The highest BCUT2D eigenvalue weighted by Crippen LogP contribution is 2.22. The summed E-state index contributed by atoms with van der Waals surface area (Å²) in [6.45, 7) is 5.87. The Hall–Kier alpha value is -0.600. The first-order chi connectivity index (χ1) is 7.85. The predicted octanol–water partition coefficient (Wildman–Crippen LogP) is 1.34. The van der Waals surface area contributed by atoms with Crippen LogP contribution in [0.1, 0.15) is 33.1 Å². The van der Waals surface area contributed by atoms with Crippen LogP contribution in [0.15, 0.2) is 0 Å². The van der Waals surface area contributed by atoms with Crippen molar-refractivity contribution in [1.82, 2.24) is 5.32 Å². The van der Waals surface area contributed by atoms with Gasteiger partial charge in [-0.25, -0.2) is 8.42 Å². The van der Waals surface area contributed by atoms with Gasteiger partial charge in [0, 0.05) is 13.0 Å². The normalized spacial score (nSPS) is 23.5. The number of rotatable bonds is 6. The molecule has 1 heterocycles. The molecule has 17 heavy (non-hydrogen) atoms. The molecule has 1 saturated heterocycles. The van der Waals surface area contributed by atoms with E-state index >= 15 is 0 Å². The van der Waals surface area contributed by atoms with E-state index in [4.69, 9.17) is 5.26 Å². The summed E-state index contributed by atoms with van der Waals surface area (Å²) < 4.78 is 22.6. The van der Waals surface area contributed by atoms with Crippen molar-refractivity contribution in [3.8, 4) is 6.07 Å². The van der Waals surface area contributed by atoms with E-state index in [1.165, 1.54) is 0 Å². The molecule has 0 saturated carbocycles. The van der Waals surface area contributed by atoms with E-state index < -0.39 is 9.84 Å². The second-order valence-electron chi connectivity index (χ2n) is 5.72. The van der Waals surface area contributed by atoms with Gasteiger partial charge in [-0.3, -0.25) is 0 Å². The Bertz CT molecular complexity index is 382. The molecule has 0 aromatic heterocycles. The van der Waals surface area contributed by atoms with E-state index in [9.17, 15) is 8.42 Å². The van der Waals surface area contributed by atoms with Gasteiger partial charge >= 0.3 is 0 Å². The van der Waals surface area contributed by atoms with E-state index in [0.717, 1.165) is 25.9 Å². The third-order valence-electron chi connectivity index (χ3n) is 3.28. The van der Waals surface area contributed by atoms with Crippen LogP contribution in [0.2, 0.25) is 0 Å². The highest BCUT2D eigenvalue weighted by atomic mass is 32.2. The Morgan fingerprint density at radius 2 is 2.18 bits per heavy atom. The van der Waals surface area contributed by atoms with Crippen LogP contribution in [0.5, 0.6) is 0 Å². The van der Waals surface area contributed by atoms with Gasteiger partial charge in [0.05, 0.1) is 17.6 Å². The smallest absolute Gasteiger partial charge is 0.150 e. The molecule has 1 fully saturated rings. The Labute approximate surface area is 104 Å². The molecule has 1 atom stereocenters. The van der Waals surface area contributed by atoms with E-state index in [-0.39, 0.29) is 11.3 Å². The lowest BCUT2D eigenvalue weighted by atomic mass is 9.88. The maximum atomic E-state index is 11.3. The molecule has 0 radical (unpaired) electrons. The summed E-state index contributed by atoms with van der Waals surface area (Å²) in [7, 11) is -2.76. The van der Waals surface area contributed by atoms with Crippen LogP contribution in [-0.4, -0.2) is 33.0 Å². The van der Waals surface area contributed by atoms with Gasteiger partial charge in [0.2, 0.25) is 0 Å². The zero-order chi connectivity index (χ0) is 12.9. The van der Waals surface area contributed by atoms with Crippen LogP contribution in [-0.2, 0) is 9.84 Å². The van der Waals surface area contributed by atoms with Crippen LogP contribution in [0.3, 0.4) is 0 Å². The summed E-state index contributed by atoms with van der Waals surface area (Å²) in [5, 5.41) is 11.9. The molecule has 1 aliphatic rings. The molecule has 0 aromatic carbocycles. The molecular formula is C12H22N2O2S.